The molecule has 3 rings (SSSR count). The summed E-state index contributed by atoms with van der Waals surface area (Å²) in [6, 6.07) is 9.13. The molecule has 168 valence electrons. The fourth-order valence-electron chi connectivity index (χ4n) is 3.14. The number of carbonyl (C=O) groups is 1. The van der Waals surface area contributed by atoms with Gasteiger partial charge in [-0.3, -0.25) is 4.79 Å². The third-order valence-corrected chi connectivity index (χ3v) is 6.83. The predicted molar refractivity (Wildman–Crippen MR) is 107 cm³/mol. The second-order valence-corrected chi connectivity index (χ2v) is 9.67. The molecule has 2 atom stereocenters. The monoisotopic (exact) mass is 457 g/mol. The van der Waals surface area contributed by atoms with Crippen molar-refractivity contribution in [1.82, 2.24) is 4.31 Å². The zero-order valence-corrected chi connectivity index (χ0v) is 17.7. The molecule has 0 aromatic heterocycles. The molecule has 1 heterocycles. The molecular formula is C21H22F3NO5S. The molecule has 2 aromatic rings. The van der Waals surface area contributed by atoms with Crippen molar-refractivity contribution in [3.05, 3.63) is 53.6 Å². The Morgan fingerprint density at radius 3 is 2.48 bits per heavy atom. The first-order chi connectivity index (χ1) is 14.4. The number of benzene rings is 2. The van der Waals surface area contributed by atoms with E-state index < -0.39 is 38.5 Å². The molecule has 1 saturated heterocycles. The standard InChI is InChI=1S/C21H22F3NO5S/c1-13(20(26)27)6-14-4-3-5-15(7-14)16-8-17(21(22,23)24)10-19(9-16)31(28,29)25(2)11-18-12-30-18/h3-5,7-10,13,18H,6,11-12H2,1-2H3,(H,26,27)/t13-,18?/m0/s1. The first-order valence-corrected chi connectivity index (χ1v) is 10.9. The number of carboxylic acids is 1. The van der Waals surface area contributed by atoms with Crippen molar-refractivity contribution in [2.75, 3.05) is 20.2 Å². The van der Waals surface area contributed by atoms with Crippen molar-refractivity contribution in [2.24, 2.45) is 5.92 Å². The Morgan fingerprint density at radius 1 is 1.23 bits per heavy atom. The zero-order valence-electron chi connectivity index (χ0n) is 16.9. The molecule has 2 aromatic carbocycles. The summed E-state index contributed by atoms with van der Waals surface area (Å²) < 4.78 is 72.3. The number of sulfonamides is 1. The minimum absolute atomic E-state index is 0.0521. The number of epoxide rings is 1. The third kappa shape index (κ3) is 5.63. The van der Waals surface area contributed by atoms with Gasteiger partial charge in [-0.2, -0.15) is 17.5 Å². The summed E-state index contributed by atoms with van der Waals surface area (Å²) in [6.07, 6.45) is -4.80. The van der Waals surface area contributed by atoms with Crippen LogP contribution in [0.3, 0.4) is 0 Å². The number of ether oxygens (including phenoxy) is 1. The van der Waals surface area contributed by atoms with Gasteiger partial charge >= 0.3 is 12.1 Å². The lowest BCUT2D eigenvalue weighted by Crippen LogP contribution is -2.30. The molecule has 0 bridgehead atoms. The maximum absolute atomic E-state index is 13.5. The van der Waals surface area contributed by atoms with Gasteiger partial charge in [-0.05, 0) is 41.3 Å². The van der Waals surface area contributed by atoms with Crippen molar-refractivity contribution >= 4 is 16.0 Å². The van der Waals surface area contributed by atoms with E-state index in [1.165, 1.54) is 20.0 Å². The van der Waals surface area contributed by atoms with Gasteiger partial charge in [0, 0.05) is 13.6 Å². The number of alkyl halides is 3. The number of carboxylic acid groups (broad SMARTS) is 1. The van der Waals surface area contributed by atoms with E-state index in [-0.39, 0.29) is 24.6 Å². The van der Waals surface area contributed by atoms with Crippen LogP contribution in [0.25, 0.3) is 11.1 Å². The number of halogens is 3. The van der Waals surface area contributed by atoms with Gasteiger partial charge in [0.1, 0.15) is 0 Å². The van der Waals surface area contributed by atoms with Crippen LogP contribution < -0.4 is 0 Å². The van der Waals surface area contributed by atoms with Crippen LogP contribution in [0.1, 0.15) is 18.1 Å². The van der Waals surface area contributed by atoms with E-state index in [2.05, 4.69) is 0 Å². The third-order valence-electron chi connectivity index (χ3n) is 5.03. The first kappa shape index (κ1) is 23.2. The molecule has 0 radical (unpaired) electrons. The van der Waals surface area contributed by atoms with Crippen LogP contribution in [0.5, 0.6) is 0 Å². The summed E-state index contributed by atoms with van der Waals surface area (Å²) in [5, 5.41) is 9.10. The average Bonchev–Trinajstić information content (AvgIpc) is 3.51. The van der Waals surface area contributed by atoms with Gasteiger partial charge in [0.25, 0.3) is 0 Å². The largest absolute Gasteiger partial charge is 0.481 e. The number of rotatable bonds is 8. The molecule has 0 aliphatic carbocycles. The summed E-state index contributed by atoms with van der Waals surface area (Å²) in [7, 11) is -2.88. The van der Waals surface area contributed by atoms with Gasteiger partial charge in [0.2, 0.25) is 10.0 Å². The molecule has 1 aliphatic heterocycles. The maximum Gasteiger partial charge on any atom is 0.416 e. The highest BCUT2D eigenvalue weighted by Gasteiger charge is 2.35. The Hall–Kier alpha value is -2.43. The second kappa shape index (κ2) is 8.60. The average molecular weight is 457 g/mol. The van der Waals surface area contributed by atoms with Gasteiger partial charge in [-0.25, -0.2) is 8.42 Å². The van der Waals surface area contributed by atoms with Crippen LogP contribution in [-0.4, -0.2) is 50.1 Å². The highest BCUT2D eigenvalue weighted by atomic mass is 32.2. The molecule has 0 amide bonds. The first-order valence-electron chi connectivity index (χ1n) is 9.50. The molecular weight excluding hydrogens is 435 g/mol. The Morgan fingerprint density at radius 2 is 1.90 bits per heavy atom. The maximum atomic E-state index is 13.5. The summed E-state index contributed by atoms with van der Waals surface area (Å²) in [5.74, 6) is -1.66. The van der Waals surface area contributed by atoms with Crippen LogP contribution >= 0.6 is 0 Å². The fourth-order valence-corrected chi connectivity index (χ4v) is 4.41. The summed E-state index contributed by atoms with van der Waals surface area (Å²) in [5.41, 5.74) is -0.0127. The SMILES string of the molecule is C[C@@H](Cc1cccc(-c2cc(C(F)(F)F)cc(S(=O)(=O)N(C)CC3CO3)c2)c1)C(=O)O. The molecule has 1 unspecified atom stereocenters. The molecule has 1 fully saturated rings. The lowest BCUT2D eigenvalue weighted by Gasteiger charge is -2.19. The van der Waals surface area contributed by atoms with E-state index in [1.54, 1.807) is 24.3 Å². The van der Waals surface area contributed by atoms with Crippen LogP contribution in [0.2, 0.25) is 0 Å². The van der Waals surface area contributed by atoms with Gasteiger partial charge in [0.15, 0.2) is 0 Å². The van der Waals surface area contributed by atoms with Crippen molar-refractivity contribution in [3.63, 3.8) is 0 Å². The van der Waals surface area contributed by atoms with Crippen LogP contribution in [0.15, 0.2) is 47.4 Å². The van der Waals surface area contributed by atoms with E-state index in [0.717, 1.165) is 10.4 Å². The Labute approximate surface area is 178 Å². The van der Waals surface area contributed by atoms with E-state index in [0.29, 0.717) is 23.8 Å². The summed E-state index contributed by atoms with van der Waals surface area (Å²) in [6.45, 7) is 2.00. The minimum atomic E-state index is -4.74. The van der Waals surface area contributed by atoms with Crippen molar-refractivity contribution in [1.29, 1.82) is 0 Å². The Kier molecular flexibility index (Phi) is 6.45. The van der Waals surface area contributed by atoms with Crippen LogP contribution in [-0.2, 0) is 32.2 Å². The van der Waals surface area contributed by atoms with Crippen molar-refractivity contribution < 1.29 is 36.2 Å². The Balaban J connectivity index is 2.04. The minimum Gasteiger partial charge on any atom is -0.481 e. The van der Waals surface area contributed by atoms with E-state index in [4.69, 9.17) is 9.84 Å². The molecule has 0 saturated carbocycles. The number of hydrogen-bond donors (Lipinski definition) is 1. The van der Waals surface area contributed by atoms with Gasteiger partial charge in [-0.15, -0.1) is 0 Å². The topological polar surface area (TPSA) is 87.2 Å². The number of aliphatic carboxylic acids is 1. The van der Waals surface area contributed by atoms with E-state index >= 15 is 0 Å². The molecule has 10 heteroatoms. The van der Waals surface area contributed by atoms with Gasteiger partial charge in [-0.1, -0.05) is 31.2 Å². The molecule has 1 aliphatic rings. The van der Waals surface area contributed by atoms with Gasteiger partial charge in [0.05, 0.1) is 29.1 Å². The molecule has 1 N–H and O–H groups in total. The normalized spacial score (nSPS) is 17.5. The zero-order chi connectivity index (χ0) is 23.0. The van der Waals surface area contributed by atoms with Crippen LogP contribution in [0, 0.1) is 5.92 Å². The van der Waals surface area contributed by atoms with Gasteiger partial charge < -0.3 is 9.84 Å². The Bertz CT molecular complexity index is 1080. The highest BCUT2D eigenvalue weighted by Crippen LogP contribution is 2.35. The number of hydrogen-bond acceptors (Lipinski definition) is 4. The molecule has 31 heavy (non-hydrogen) atoms. The highest BCUT2D eigenvalue weighted by molar-refractivity contribution is 7.89. The van der Waals surface area contributed by atoms with E-state index in [1.807, 2.05) is 0 Å². The predicted octanol–water partition coefficient (Wildman–Crippen LogP) is 3.65. The fraction of sp³-hybridized carbons (Fsp3) is 0.381. The second-order valence-electron chi connectivity index (χ2n) is 7.63. The quantitative estimate of drug-likeness (QED) is 0.612. The smallest absolute Gasteiger partial charge is 0.416 e. The van der Waals surface area contributed by atoms with Crippen molar-refractivity contribution in [3.8, 4) is 11.1 Å². The number of nitrogens with zero attached hydrogens (tertiary/aromatic N) is 1. The summed E-state index contributed by atoms with van der Waals surface area (Å²) >= 11 is 0. The number of likely N-dealkylation sites (N-methyl/N-ethyl adjacent to an activating group) is 1. The van der Waals surface area contributed by atoms with E-state index in [9.17, 15) is 26.4 Å². The molecule has 6 nitrogen and oxygen atoms in total. The lowest BCUT2D eigenvalue weighted by molar-refractivity contribution is -0.141. The van der Waals surface area contributed by atoms with Crippen molar-refractivity contribution in [2.45, 2.75) is 30.5 Å². The van der Waals surface area contributed by atoms with Crippen LogP contribution in [0.4, 0.5) is 13.2 Å². The molecule has 0 spiro atoms. The lowest BCUT2D eigenvalue weighted by atomic mass is 9.96. The summed E-state index contributed by atoms with van der Waals surface area (Å²) in [4.78, 5) is 10.6.